The third-order valence-corrected chi connectivity index (χ3v) is 11.3. The summed E-state index contributed by atoms with van der Waals surface area (Å²) in [5.41, 5.74) is 3.64. The van der Waals surface area contributed by atoms with Crippen molar-refractivity contribution in [2.45, 2.75) is 71.8 Å². The molecule has 12 nitrogen and oxygen atoms in total. The van der Waals surface area contributed by atoms with Gasteiger partial charge in [-0.3, -0.25) is 34.6 Å². The van der Waals surface area contributed by atoms with Gasteiger partial charge in [0.2, 0.25) is 0 Å². The standard InChI is InChI=1S/C43H42N4O8/c1-42(2)23-35-39(29-13-8-10-15-34(29)44-35)28(12-6-5-7-17-38(48)49)33(42)21-30-40(50)31(41(30)51)22-37-43(3,4)32-14-9-11-16-36(32)45(37)24-25-18-26(46(52)53)20-27(19-25)47(54)55/h8-11,13-16,18-23,30-31,44H,5-7,12,17,24H2,1-4H3,(H,48,49)/b33-21-,37-22+. The van der Waals surface area contributed by atoms with Crippen LogP contribution in [0.3, 0.4) is 0 Å². The van der Waals surface area contributed by atoms with E-state index in [0.717, 1.165) is 62.8 Å². The topological polar surface area (TPSA) is 177 Å². The number of non-ortho nitro benzene ring substituents is 2. The molecule has 1 aromatic heterocycles. The fraction of sp³-hybridized carbons (Fsp3) is 0.326. The maximum Gasteiger partial charge on any atom is 0.303 e. The number of aromatic nitrogens is 1. The SMILES string of the molecule is CC1(C)C=c2[nH]c3ccccc3c2=C(CCCCCC(=O)O)/C1=C/C1C(=O)C(/C=C2/N(Cc3cc([N+](=O)[O-])cc([N+](=O)[O-])c3)c3ccccc3C2(C)C)C1=O. The lowest BCUT2D eigenvalue weighted by atomic mass is 9.66. The Morgan fingerprint density at radius 3 is 2.18 bits per heavy atom. The predicted octanol–water partition coefficient (Wildman–Crippen LogP) is 7.18. The summed E-state index contributed by atoms with van der Waals surface area (Å²) in [6.07, 6.45) is 8.46. The number of nitro groups is 2. The molecule has 3 aromatic carbocycles. The number of carboxylic acids is 1. The fourth-order valence-electron chi connectivity index (χ4n) is 8.56. The molecule has 0 atom stereocenters. The van der Waals surface area contributed by atoms with E-state index in [0.29, 0.717) is 24.1 Å². The number of nitro benzene ring substituents is 2. The van der Waals surface area contributed by atoms with Gasteiger partial charge in [0.05, 0.1) is 27.7 Å². The van der Waals surface area contributed by atoms with Crippen molar-refractivity contribution < 1.29 is 29.3 Å². The molecule has 0 amide bonds. The molecule has 0 spiro atoms. The van der Waals surface area contributed by atoms with E-state index in [2.05, 4.69) is 31.0 Å². The van der Waals surface area contributed by atoms with E-state index in [-0.39, 0.29) is 24.5 Å². The van der Waals surface area contributed by atoms with Crippen LogP contribution in [0.4, 0.5) is 17.1 Å². The quantitative estimate of drug-likeness (QED) is 0.0659. The average molecular weight is 743 g/mol. The molecule has 4 aromatic rings. The largest absolute Gasteiger partial charge is 0.481 e. The van der Waals surface area contributed by atoms with Crippen LogP contribution >= 0.6 is 0 Å². The Morgan fingerprint density at radius 1 is 0.873 bits per heavy atom. The highest BCUT2D eigenvalue weighted by atomic mass is 16.6. The van der Waals surface area contributed by atoms with Crippen LogP contribution in [0.15, 0.2) is 90.2 Å². The third kappa shape index (κ3) is 6.66. The van der Waals surface area contributed by atoms with Crippen molar-refractivity contribution in [1.82, 2.24) is 4.98 Å². The minimum absolute atomic E-state index is 0.0408. The van der Waals surface area contributed by atoms with Crippen LogP contribution in [-0.4, -0.2) is 37.5 Å². The number of unbranched alkanes of at least 4 members (excludes halogenated alkanes) is 2. The number of carbonyl (C=O) groups is 3. The van der Waals surface area contributed by atoms with Crippen molar-refractivity contribution >= 4 is 57.2 Å². The van der Waals surface area contributed by atoms with Crippen molar-refractivity contribution in [2.24, 2.45) is 17.3 Å². The Bertz CT molecular complexity index is 2460. The van der Waals surface area contributed by atoms with Gasteiger partial charge in [0.25, 0.3) is 11.4 Å². The molecule has 3 aliphatic rings. The lowest BCUT2D eigenvalue weighted by Gasteiger charge is -2.35. The maximum atomic E-state index is 14.2. The second-order valence-electron chi connectivity index (χ2n) is 15.8. The Hall–Kier alpha value is -6.17. The highest BCUT2D eigenvalue weighted by Gasteiger charge is 2.50. The molecule has 0 bridgehead atoms. The number of H-pyrrole nitrogens is 1. The molecule has 1 aliphatic heterocycles. The summed E-state index contributed by atoms with van der Waals surface area (Å²) in [6.45, 7) is 8.15. The first kappa shape index (κ1) is 37.2. The summed E-state index contributed by atoms with van der Waals surface area (Å²) >= 11 is 0. The summed E-state index contributed by atoms with van der Waals surface area (Å²) in [4.78, 5) is 66.9. The number of para-hydroxylation sites is 2. The molecule has 12 heteroatoms. The Balaban J connectivity index is 1.25. The number of anilines is 1. The van der Waals surface area contributed by atoms with Crippen LogP contribution in [0, 0.1) is 37.5 Å². The Kier molecular flexibility index (Phi) is 9.40. The molecule has 282 valence electrons. The Labute approximate surface area is 316 Å². The fourth-order valence-corrected chi connectivity index (χ4v) is 8.56. The number of allylic oxidation sites excluding steroid dienone is 4. The number of carbonyl (C=O) groups excluding carboxylic acids is 2. The number of rotatable bonds is 12. The molecule has 0 radical (unpaired) electrons. The van der Waals surface area contributed by atoms with E-state index in [1.54, 1.807) is 6.08 Å². The van der Waals surface area contributed by atoms with E-state index in [1.165, 1.54) is 12.1 Å². The van der Waals surface area contributed by atoms with Gasteiger partial charge in [-0.25, -0.2) is 0 Å². The van der Waals surface area contributed by atoms with Gasteiger partial charge in [-0.1, -0.05) is 82.7 Å². The first-order chi connectivity index (χ1) is 26.1. The second-order valence-corrected chi connectivity index (χ2v) is 15.8. The minimum atomic E-state index is -1.02. The van der Waals surface area contributed by atoms with Gasteiger partial charge in [0, 0.05) is 68.8 Å². The number of carboxylic acid groups (broad SMARTS) is 1. The zero-order chi connectivity index (χ0) is 39.4. The van der Waals surface area contributed by atoms with Gasteiger partial charge in [-0.05, 0) is 59.7 Å². The number of hydrogen-bond acceptors (Lipinski definition) is 8. The van der Waals surface area contributed by atoms with Crippen molar-refractivity contribution in [3.05, 3.63) is 132 Å². The number of nitrogens with zero attached hydrogens (tertiary/aromatic N) is 3. The lowest BCUT2D eigenvalue weighted by molar-refractivity contribution is -0.394. The van der Waals surface area contributed by atoms with Crippen LogP contribution in [0.25, 0.3) is 22.6 Å². The Morgan fingerprint density at radius 2 is 1.51 bits per heavy atom. The zero-order valence-corrected chi connectivity index (χ0v) is 31.1. The molecule has 2 heterocycles. The van der Waals surface area contributed by atoms with E-state index in [1.807, 2.05) is 67.3 Å². The normalized spacial score (nSPS) is 21.0. The molecule has 2 aliphatic carbocycles. The molecule has 55 heavy (non-hydrogen) atoms. The molecule has 7 rings (SSSR count). The van der Waals surface area contributed by atoms with Gasteiger partial charge in [-0.2, -0.15) is 0 Å². The van der Waals surface area contributed by atoms with Crippen LogP contribution in [-0.2, 0) is 26.3 Å². The highest BCUT2D eigenvalue weighted by molar-refractivity contribution is 6.26. The molecule has 2 N–H and O–H groups in total. The number of ketones is 2. The highest BCUT2D eigenvalue weighted by Crippen LogP contribution is 2.50. The summed E-state index contributed by atoms with van der Waals surface area (Å²) in [5, 5.41) is 35.6. The van der Waals surface area contributed by atoms with E-state index in [9.17, 15) is 34.6 Å². The summed E-state index contributed by atoms with van der Waals surface area (Å²) in [5.74, 6) is -3.27. The predicted molar refractivity (Wildman–Crippen MR) is 208 cm³/mol. The average Bonchev–Trinajstić information content (AvgIpc) is 3.59. The molecular formula is C43H42N4O8. The molecule has 0 unspecified atom stereocenters. The number of benzene rings is 3. The van der Waals surface area contributed by atoms with Crippen LogP contribution in [0.5, 0.6) is 0 Å². The van der Waals surface area contributed by atoms with E-state index >= 15 is 0 Å². The molecule has 1 fully saturated rings. The van der Waals surface area contributed by atoms with Crippen molar-refractivity contribution in [3.63, 3.8) is 0 Å². The first-order valence-electron chi connectivity index (χ1n) is 18.5. The monoisotopic (exact) mass is 742 g/mol. The second kappa shape index (κ2) is 13.9. The van der Waals surface area contributed by atoms with Gasteiger partial charge in [0.1, 0.15) is 0 Å². The molecule has 1 saturated carbocycles. The van der Waals surface area contributed by atoms with Gasteiger partial charge < -0.3 is 15.0 Å². The first-order valence-corrected chi connectivity index (χ1v) is 18.5. The zero-order valence-electron chi connectivity index (χ0n) is 31.1. The van der Waals surface area contributed by atoms with Crippen molar-refractivity contribution in [3.8, 4) is 0 Å². The van der Waals surface area contributed by atoms with Crippen LogP contribution in [0.1, 0.15) is 70.9 Å². The third-order valence-electron chi connectivity index (χ3n) is 11.3. The molecule has 0 saturated heterocycles. The number of fused-ring (bicyclic) bond motifs is 4. The van der Waals surface area contributed by atoms with E-state index in [4.69, 9.17) is 5.11 Å². The number of Topliss-reactive ketones (excluding diaryl/α,β-unsaturated/α-hetero) is 2. The number of hydrogen-bond donors (Lipinski definition) is 2. The number of nitrogens with one attached hydrogen (secondary N) is 1. The van der Waals surface area contributed by atoms with Crippen LogP contribution in [0.2, 0.25) is 0 Å². The van der Waals surface area contributed by atoms with Gasteiger partial charge in [0.15, 0.2) is 11.6 Å². The number of aliphatic carboxylic acids is 1. The van der Waals surface area contributed by atoms with Crippen LogP contribution < -0.4 is 15.5 Å². The summed E-state index contributed by atoms with van der Waals surface area (Å²) in [6, 6.07) is 19.2. The molecular weight excluding hydrogens is 700 g/mol. The van der Waals surface area contributed by atoms with E-state index < -0.39 is 49.9 Å². The number of aromatic amines is 1. The summed E-state index contributed by atoms with van der Waals surface area (Å²) in [7, 11) is 0. The minimum Gasteiger partial charge on any atom is -0.481 e. The van der Waals surface area contributed by atoms with Gasteiger partial charge in [-0.15, -0.1) is 0 Å². The van der Waals surface area contributed by atoms with Crippen molar-refractivity contribution in [1.29, 1.82) is 0 Å². The van der Waals surface area contributed by atoms with Gasteiger partial charge >= 0.3 is 5.97 Å². The lowest BCUT2D eigenvalue weighted by Crippen LogP contribution is -2.48. The van der Waals surface area contributed by atoms with Crippen molar-refractivity contribution in [2.75, 3.05) is 4.90 Å². The summed E-state index contributed by atoms with van der Waals surface area (Å²) < 4.78 is 0. The maximum absolute atomic E-state index is 14.2. The smallest absolute Gasteiger partial charge is 0.303 e.